The summed E-state index contributed by atoms with van der Waals surface area (Å²) in [5, 5.41) is 9.84. The number of carbonyl (C=O) groups is 1. The Hall–Kier alpha value is -2.63. The summed E-state index contributed by atoms with van der Waals surface area (Å²) in [6.07, 6.45) is 0.442. The third-order valence-electron chi connectivity index (χ3n) is 5.25. The summed E-state index contributed by atoms with van der Waals surface area (Å²) in [4.78, 5) is 16.7. The number of rotatable bonds is 4. The van der Waals surface area contributed by atoms with Crippen molar-refractivity contribution in [3.8, 4) is 11.3 Å². The van der Waals surface area contributed by atoms with Gasteiger partial charge in [0.15, 0.2) is 5.82 Å². The largest absolute Gasteiger partial charge is 0.352 e. The first-order valence-electron chi connectivity index (χ1n) is 9.87. The van der Waals surface area contributed by atoms with Crippen molar-refractivity contribution in [1.82, 2.24) is 15.1 Å². The second kappa shape index (κ2) is 9.02. The number of nitrogens with zero attached hydrogens (tertiary/aromatic N) is 4. The van der Waals surface area contributed by atoms with Crippen LogP contribution in [0.25, 0.3) is 11.3 Å². The molecule has 1 saturated heterocycles. The molecule has 1 aliphatic rings. The minimum absolute atomic E-state index is 0.166. The van der Waals surface area contributed by atoms with Gasteiger partial charge >= 0.3 is 0 Å². The van der Waals surface area contributed by atoms with Gasteiger partial charge in [-0.3, -0.25) is 4.79 Å². The fraction of sp³-hybridized carbons (Fsp3) is 0.261. The van der Waals surface area contributed by atoms with Crippen molar-refractivity contribution in [2.75, 3.05) is 31.1 Å². The first-order valence-corrected chi connectivity index (χ1v) is 10.6. The predicted molar refractivity (Wildman–Crippen MR) is 121 cm³/mol. The van der Waals surface area contributed by atoms with Gasteiger partial charge in [0.25, 0.3) is 0 Å². The second-order valence-corrected chi connectivity index (χ2v) is 8.28. The van der Waals surface area contributed by atoms with Gasteiger partial charge < -0.3 is 9.80 Å². The zero-order chi connectivity index (χ0) is 21.1. The molecule has 1 fully saturated rings. The molecule has 7 heteroatoms. The van der Waals surface area contributed by atoms with E-state index in [1.165, 1.54) is 5.56 Å². The van der Waals surface area contributed by atoms with Crippen LogP contribution in [-0.2, 0) is 11.2 Å². The number of benzene rings is 2. The lowest BCUT2D eigenvalue weighted by Gasteiger charge is -2.35. The predicted octanol–water partition coefficient (Wildman–Crippen LogP) is 4.65. The maximum absolute atomic E-state index is 12.6. The van der Waals surface area contributed by atoms with Gasteiger partial charge in [0.05, 0.1) is 17.1 Å². The van der Waals surface area contributed by atoms with Crippen molar-refractivity contribution < 1.29 is 4.79 Å². The molecule has 0 unspecified atom stereocenters. The van der Waals surface area contributed by atoms with E-state index in [0.717, 1.165) is 30.0 Å². The molecule has 0 spiro atoms. The van der Waals surface area contributed by atoms with E-state index < -0.39 is 0 Å². The fourth-order valence-electron chi connectivity index (χ4n) is 3.63. The van der Waals surface area contributed by atoms with Gasteiger partial charge in [0.1, 0.15) is 0 Å². The highest BCUT2D eigenvalue weighted by Gasteiger charge is 2.22. The summed E-state index contributed by atoms with van der Waals surface area (Å²) in [6.45, 7) is 4.86. The van der Waals surface area contributed by atoms with Crippen molar-refractivity contribution >= 4 is 34.9 Å². The number of aryl methyl sites for hydroxylation is 1. The van der Waals surface area contributed by atoms with Crippen molar-refractivity contribution in [3.05, 3.63) is 75.8 Å². The first kappa shape index (κ1) is 20.6. The minimum Gasteiger partial charge on any atom is -0.352 e. The van der Waals surface area contributed by atoms with Gasteiger partial charge in [-0.05, 0) is 42.8 Å². The maximum atomic E-state index is 12.6. The number of aromatic nitrogens is 2. The van der Waals surface area contributed by atoms with Gasteiger partial charge in [0, 0.05) is 36.8 Å². The average molecular weight is 441 g/mol. The fourth-order valence-corrected chi connectivity index (χ4v) is 4.13. The molecule has 3 aromatic rings. The van der Waals surface area contributed by atoms with E-state index in [0.29, 0.717) is 35.2 Å². The summed E-state index contributed by atoms with van der Waals surface area (Å²) in [5.41, 5.74) is 3.73. The van der Waals surface area contributed by atoms with Gasteiger partial charge in [-0.25, -0.2) is 0 Å². The lowest BCUT2D eigenvalue weighted by Crippen LogP contribution is -2.49. The molecular formula is C23H22Cl2N4O. The molecular weight excluding hydrogens is 419 g/mol. The Morgan fingerprint density at radius 2 is 1.77 bits per heavy atom. The lowest BCUT2D eigenvalue weighted by atomic mass is 10.1. The van der Waals surface area contributed by atoms with Crippen LogP contribution in [0.1, 0.15) is 11.1 Å². The van der Waals surface area contributed by atoms with Crippen LogP contribution in [0.2, 0.25) is 10.0 Å². The Balaban J connectivity index is 1.36. The number of hydrogen-bond acceptors (Lipinski definition) is 4. The van der Waals surface area contributed by atoms with Crippen molar-refractivity contribution in [1.29, 1.82) is 0 Å². The third-order valence-corrected chi connectivity index (χ3v) is 5.80. The standard InChI is InChI=1S/C23H22Cl2N4O/c1-16-3-2-4-17(13-16)14-23(30)29-11-9-28(10-12-29)22-8-7-21(26-27-22)19-6-5-18(24)15-20(19)25/h2-8,13,15H,9-12,14H2,1H3. The van der Waals surface area contributed by atoms with Crippen LogP contribution >= 0.6 is 23.2 Å². The summed E-state index contributed by atoms with van der Waals surface area (Å²) in [6, 6.07) is 17.3. The molecule has 1 aliphatic heterocycles. The number of halogens is 2. The van der Waals surface area contributed by atoms with E-state index in [2.05, 4.69) is 21.2 Å². The van der Waals surface area contributed by atoms with Crippen molar-refractivity contribution in [2.24, 2.45) is 0 Å². The van der Waals surface area contributed by atoms with E-state index in [9.17, 15) is 4.79 Å². The SMILES string of the molecule is Cc1cccc(CC(=O)N2CCN(c3ccc(-c4ccc(Cl)cc4Cl)nn3)CC2)c1. The lowest BCUT2D eigenvalue weighted by molar-refractivity contribution is -0.130. The van der Waals surface area contributed by atoms with E-state index in [-0.39, 0.29) is 5.91 Å². The Labute approximate surface area is 186 Å². The van der Waals surface area contributed by atoms with Crippen LogP contribution in [0.3, 0.4) is 0 Å². The molecule has 0 atom stereocenters. The smallest absolute Gasteiger partial charge is 0.227 e. The molecule has 30 heavy (non-hydrogen) atoms. The number of hydrogen-bond donors (Lipinski definition) is 0. The number of piperazine rings is 1. The van der Waals surface area contributed by atoms with E-state index in [1.807, 2.05) is 48.2 Å². The third kappa shape index (κ3) is 4.74. The molecule has 1 amide bonds. The van der Waals surface area contributed by atoms with Crippen molar-refractivity contribution in [3.63, 3.8) is 0 Å². The Bertz CT molecular complexity index is 1050. The Morgan fingerprint density at radius 3 is 2.43 bits per heavy atom. The Morgan fingerprint density at radius 1 is 0.967 bits per heavy atom. The zero-order valence-corrected chi connectivity index (χ0v) is 18.2. The minimum atomic E-state index is 0.166. The number of anilines is 1. The van der Waals surface area contributed by atoms with E-state index >= 15 is 0 Å². The van der Waals surface area contributed by atoms with Crippen LogP contribution in [0, 0.1) is 6.92 Å². The molecule has 2 heterocycles. The van der Waals surface area contributed by atoms with Crippen molar-refractivity contribution in [2.45, 2.75) is 13.3 Å². The highest BCUT2D eigenvalue weighted by molar-refractivity contribution is 6.36. The summed E-state index contributed by atoms with van der Waals surface area (Å²) in [5.74, 6) is 0.966. The monoisotopic (exact) mass is 440 g/mol. The van der Waals surface area contributed by atoms with Gasteiger partial charge in [-0.15, -0.1) is 10.2 Å². The zero-order valence-electron chi connectivity index (χ0n) is 16.7. The molecule has 0 bridgehead atoms. The number of amides is 1. The molecule has 0 N–H and O–H groups in total. The van der Waals surface area contributed by atoms with Gasteiger partial charge in [0.2, 0.25) is 5.91 Å². The molecule has 0 aliphatic carbocycles. The van der Waals surface area contributed by atoms with Gasteiger partial charge in [-0.2, -0.15) is 0 Å². The molecule has 0 saturated carbocycles. The first-order chi connectivity index (χ1) is 14.5. The normalized spacial score (nSPS) is 14.1. The van der Waals surface area contributed by atoms with E-state index in [4.69, 9.17) is 23.2 Å². The summed E-state index contributed by atoms with van der Waals surface area (Å²) in [7, 11) is 0. The maximum Gasteiger partial charge on any atom is 0.227 e. The molecule has 2 aromatic carbocycles. The second-order valence-electron chi connectivity index (χ2n) is 7.43. The topological polar surface area (TPSA) is 49.3 Å². The van der Waals surface area contributed by atoms with Gasteiger partial charge in [-0.1, -0.05) is 53.0 Å². The Kier molecular flexibility index (Phi) is 6.21. The highest BCUT2D eigenvalue weighted by atomic mass is 35.5. The van der Waals surface area contributed by atoms with E-state index in [1.54, 1.807) is 12.1 Å². The quantitative estimate of drug-likeness (QED) is 0.592. The summed E-state index contributed by atoms with van der Waals surface area (Å²) >= 11 is 12.2. The van der Waals surface area contributed by atoms with Crippen LogP contribution < -0.4 is 4.90 Å². The van der Waals surface area contributed by atoms with Crippen LogP contribution in [-0.4, -0.2) is 47.2 Å². The highest BCUT2D eigenvalue weighted by Crippen LogP contribution is 2.29. The molecule has 1 aromatic heterocycles. The molecule has 0 radical (unpaired) electrons. The number of carbonyl (C=O) groups excluding carboxylic acids is 1. The molecule has 5 nitrogen and oxygen atoms in total. The van der Waals surface area contributed by atoms with Crippen LogP contribution in [0.5, 0.6) is 0 Å². The molecule has 154 valence electrons. The van der Waals surface area contributed by atoms with Crippen LogP contribution in [0.15, 0.2) is 54.6 Å². The summed E-state index contributed by atoms with van der Waals surface area (Å²) < 4.78 is 0. The van der Waals surface area contributed by atoms with Crippen LogP contribution in [0.4, 0.5) is 5.82 Å². The average Bonchev–Trinajstić information content (AvgIpc) is 2.74. The molecule has 4 rings (SSSR count).